The number of aryl methyl sites for hydroxylation is 1. The number of hydrogen-bond acceptors (Lipinski definition) is 5. The summed E-state index contributed by atoms with van der Waals surface area (Å²) in [6.45, 7) is 4.22. The van der Waals surface area contributed by atoms with Crippen molar-refractivity contribution < 1.29 is 9.53 Å². The van der Waals surface area contributed by atoms with Gasteiger partial charge in [0, 0.05) is 25.7 Å². The monoisotopic (exact) mass is 290 g/mol. The van der Waals surface area contributed by atoms with Crippen molar-refractivity contribution >= 4 is 11.7 Å². The molecule has 1 atom stereocenters. The lowest BCUT2D eigenvalue weighted by Gasteiger charge is -2.33. The standard InChI is InChI=1S/C15H22N4O2/c1-11-4-5-14(18-17-11)16-12-6-8-19(9-7-12)15(20)13-3-2-10-21-13/h4-5,12-13H,2-3,6-10H2,1H3,(H,16,18)/t13-/m0/s1. The van der Waals surface area contributed by atoms with Gasteiger partial charge in [0.15, 0.2) is 0 Å². The molecule has 0 bridgehead atoms. The molecule has 21 heavy (non-hydrogen) atoms. The number of nitrogens with one attached hydrogen (secondary N) is 1. The predicted molar refractivity (Wildman–Crippen MR) is 79.0 cm³/mol. The van der Waals surface area contributed by atoms with Crippen molar-refractivity contribution in [3.8, 4) is 0 Å². The first-order valence-electron chi connectivity index (χ1n) is 7.69. The smallest absolute Gasteiger partial charge is 0.251 e. The summed E-state index contributed by atoms with van der Waals surface area (Å²) in [5, 5.41) is 11.6. The molecule has 6 heteroatoms. The van der Waals surface area contributed by atoms with Gasteiger partial charge in [-0.25, -0.2) is 0 Å². The highest BCUT2D eigenvalue weighted by Gasteiger charge is 2.30. The van der Waals surface area contributed by atoms with Crippen LogP contribution in [0.25, 0.3) is 0 Å². The Bertz CT molecular complexity index is 477. The van der Waals surface area contributed by atoms with E-state index >= 15 is 0 Å². The number of amides is 1. The van der Waals surface area contributed by atoms with Gasteiger partial charge in [0.2, 0.25) is 0 Å². The number of rotatable bonds is 3. The fourth-order valence-corrected chi connectivity index (χ4v) is 2.91. The average Bonchev–Trinajstić information content (AvgIpc) is 3.04. The van der Waals surface area contributed by atoms with Crippen molar-refractivity contribution in [1.82, 2.24) is 15.1 Å². The van der Waals surface area contributed by atoms with E-state index in [2.05, 4.69) is 15.5 Å². The predicted octanol–water partition coefficient (Wildman–Crippen LogP) is 1.37. The molecular formula is C15H22N4O2. The molecule has 1 aromatic heterocycles. The van der Waals surface area contributed by atoms with Crippen LogP contribution >= 0.6 is 0 Å². The second kappa shape index (κ2) is 6.39. The van der Waals surface area contributed by atoms with Gasteiger partial charge in [0.1, 0.15) is 11.9 Å². The number of likely N-dealkylation sites (tertiary alicyclic amines) is 1. The zero-order valence-corrected chi connectivity index (χ0v) is 12.4. The molecule has 2 fully saturated rings. The van der Waals surface area contributed by atoms with Gasteiger partial charge in [-0.3, -0.25) is 4.79 Å². The zero-order valence-electron chi connectivity index (χ0n) is 12.4. The van der Waals surface area contributed by atoms with Gasteiger partial charge in [0.05, 0.1) is 5.69 Å². The molecule has 1 N–H and O–H groups in total. The molecule has 0 radical (unpaired) electrons. The molecular weight excluding hydrogens is 268 g/mol. The Morgan fingerprint density at radius 1 is 1.29 bits per heavy atom. The molecule has 0 saturated carbocycles. The maximum atomic E-state index is 12.3. The SMILES string of the molecule is Cc1ccc(NC2CCN(C(=O)[C@@H]3CCCO3)CC2)nn1. The van der Waals surface area contributed by atoms with Gasteiger partial charge in [-0.1, -0.05) is 0 Å². The van der Waals surface area contributed by atoms with Gasteiger partial charge in [0.25, 0.3) is 5.91 Å². The second-order valence-electron chi connectivity index (χ2n) is 5.81. The lowest BCUT2D eigenvalue weighted by Crippen LogP contribution is -2.46. The molecule has 2 aliphatic rings. The topological polar surface area (TPSA) is 67.4 Å². The van der Waals surface area contributed by atoms with Crippen LogP contribution in [-0.2, 0) is 9.53 Å². The van der Waals surface area contributed by atoms with Crippen LogP contribution in [0, 0.1) is 6.92 Å². The van der Waals surface area contributed by atoms with Crippen LogP contribution in [0.3, 0.4) is 0 Å². The normalized spacial score (nSPS) is 23.3. The number of nitrogens with zero attached hydrogens (tertiary/aromatic N) is 3. The van der Waals surface area contributed by atoms with Crippen molar-refractivity contribution in [2.24, 2.45) is 0 Å². The molecule has 6 nitrogen and oxygen atoms in total. The first-order chi connectivity index (χ1) is 10.2. The fourth-order valence-electron chi connectivity index (χ4n) is 2.91. The van der Waals surface area contributed by atoms with Crippen LogP contribution in [0.15, 0.2) is 12.1 Å². The minimum absolute atomic E-state index is 0.168. The summed E-state index contributed by atoms with van der Waals surface area (Å²) in [6.07, 6.45) is 3.55. The fraction of sp³-hybridized carbons (Fsp3) is 0.667. The van der Waals surface area contributed by atoms with E-state index in [1.165, 1.54) is 0 Å². The number of aromatic nitrogens is 2. The Morgan fingerprint density at radius 2 is 2.10 bits per heavy atom. The highest BCUT2D eigenvalue weighted by Crippen LogP contribution is 2.19. The zero-order chi connectivity index (χ0) is 14.7. The summed E-state index contributed by atoms with van der Waals surface area (Å²) in [5.74, 6) is 0.977. The number of carbonyl (C=O) groups is 1. The Hall–Kier alpha value is -1.69. The van der Waals surface area contributed by atoms with Crippen molar-refractivity contribution in [1.29, 1.82) is 0 Å². The van der Waals surface area contributed by atoms with Gasteiger partial charge in [-0.2, -0.15) is 5.10 Å². The summed E-state index contributed by atoms with van der Waals surface area (Å²) >= 11 is 0. The quantitative estimate of drug-likeness (QED) is 0.910. The van der Waals surface area contributed by atoms with Crippen molar-refractivity contribution in [2.45, 2.75) is 44.8 Å². The molecule has 3 heterocycles. The van der Waals surface area contributed by atoms with Gasteiger partial charge in [-0.15, -0.1) is 5.10 Å². The summed E-state index contributed by atoms with van der Waals surface area (Å²) in [5.41, 5.74) is 0.914. The van der Waals surface area contributed by atoms with Crippen LogP contribution in [0.5, 0.6) is 0 Å². The molecule has 1 aromatic rings. The Labute approximate surface area is 124 Å². The van der Waals surface area contributed by atoms with Crippen molar-refractivity contribution in [2.75, 3.05) is 25.0 Å². The molecule has 0 aliphatic carbocycles. The third kappa shape index (κ3) is 3.50. The van der Waals surface area contributed by atoms with Crippen LogP contribution in [0.2, 0.25) is 0 Å². The number of ether oxygens (including phenoxy) is 1. The van der Waals surface area contributed by atoms with E-state index in [9.17, 15) is 4.79 Å². The number of hydrogen-bond donors (Lipinski definition) is 1. The molecule has 3 rings (SSSR count). The maximum Gasteiger partial charge on any atom is 0.251 e. The number of piperidine rings is 1. The van der Waals surface area contributed by atoms with Crippen LogP contribution in [0.1, 0.15) is 31.4 Å². The van der Waals surface area contributed by atoms with Gasteiger partial charge < -0.3 is 15.0 Å². The molecule has 0 unspecified atom stereocenters. The van der Waals surface area contributed by atoms with Crippen molar-refractivity contribution in [3.05, 3.63) is 17.8 Å². The summed E-state index contributed by atoms with van der Waals surface area (Å²) in [6, 6.07) is 4.26. The van der Waals surface area contributed by atoms with Crippen LogP contribution in [0.4, 0.5) is 5.82 Å². The number of anilines is 1. The Balaban J connectivity index is 1.48. The van der Waals surface area contributed by atoms with Crippen LogP contribution < -0.4 is 5.32 Å². The third-order valence-electron chi connectivity index (χ3n) is 4.16. The summed E-state index contributed by atoms with van der Waals surface area (Å²) in [4.78, 5) is 14.2. The van der Waals surface area contributed by atoms with E-state index in [1.807, 2.05) is 24.0 Å². The molecule has 2 saturated heterocycles. The molecule has 0 spiro atoms. The van der Waals surface area contributed by atoms with Crippen LogP contribution in [-0.4, -0.2) is 52.8 Å². The van der Waals surface area contributed by atoms with E-state index in [0.717, 1.165) is 56.9 Å². The van der Waals surface area contributed by atoms with E-state index in [1.54, 1.807) is 0 Å². The lowest BCUT2D eigenvalue weighted by molar-refractivity contribution is -0.141. The number of carbonyl (C=O) groups excluding carboxylic acids is 1. The molecule has 0 aromatic carbocycles. The van der Waals surface area contributed by atoms with Gasteiger partial charge in [-0.05, 0) is 44.7 Å². The minimum Gasteiger partial charge on any atom is -0.368 e. The summed E-state index contributed by atoms with van der Waals surface area (Å²) < 4.78 is 5.48. The lowest BCUT2D eigenvalue weighted by atomic mass is 10.0. The van der Waals surface area contributed by atoms with Crippen molar-refractivity contribution in [3.63, 3.8) is 0 Å². The van der Waals surface area contributed by atoms with E-state index < -0.39 is 0 Å². The third-order valence-corrected chi connectivity index (χ3v) is 4.16. The highest BCUT2D eigenvalue weighted by atomic mass is 16.5. The van der Waals surface area contributed by atoms with Gasteiger partial charge >= 0.3 is 0 Å². The largest absolute Gasteiger partial charge is 0.368 e. The molecule has 2 aliphatic heterocycles. The first-order valence-corrected chi connectivity index (χ1v) is 7.69. The first kappa shape index (κ1) is 14.3. The Kier molecular flexibility index (Phi) is 4.34. The maximum absolute atomic E-state index is 12.3. The van der Waals surface area contributed by atoms with E-state index in [-0.39, 0.29) is 12.0 Å². The van der Waals surface area contributed by atoms with E-state index in [4.69, 9.17) is 4.74 Å². The van der Waals surface area contributed by atoms with E-state index in [0.29, 0.717) is 6.04 Å². The minimum atomic E-state index is -0.197. The Morgan fingerprint density at radius 3 is 2.71 bits per heavy atom. The molecule has 1 amide bonds. The summed E-state index contributed by atoms with van der Waals surface area (Å²) in [7, 11) is 0. The molecule has 114 valence electrons. The highest BCUT2D eigenvalue weighted by molar-refractivity contribution is 5.81. The second-order valence-corrected chi connectivity index (χ2v) is 5.81. The average molecular weight is 290 g/mol.